The minimum Gasteiger partial charge on any atom is -0.192 e. The van der Waals surface area contributed by atoms with Crippen LogP contribution in [0.15, 0.2) is 60.7 Å². The largest absolute Gasteiger partial charge is 0.192 e. The summed E-state index contributed by atoms with van der Waals surface area (Å²) in [4.78, 5) is 0. The predicted octanol–water partition coefficient (Wildman–Crippen LogP) is 4.69. The smallest absolute Gasteiger partial charge is 0.100 e. The van der Waals surface area contributed by atoms with Crippen LogP contribution in [0.5, 0.6) is 0 Å². The molecular formula is C18H13N. The van der Waals surface area contributed by atoms with Gasteiger partial charge in [0.25, 0.3) is 0 Å². The summed E-state index contributed by atoms with van der Waals surface area (Å²) in [6.07, 6.45) is 0. The second-order valence-corrected chi connectivity index (χ2v) is 4.69. The van der Waals surface area contributed by atoms with Gasteiger partial charge in [0.2, 0.25) is 0 Å². The van der Waals surface area contributed by atoms with Crippen molar-refractivity contribution < 1.29 is 0 Å². The molecule has 3 aromatic carbocycles. The number of fused-ring (bicyclic) bond motifs is 1. The Balaban J connectivity index is 2.30. The predicted molar refractivity (Wildman–Crippen MR) is 78.8 cm³/mol. The first kappa shape index (κ1) is 11.5. The molecule has 0 radical (unpaired) electrons. The molecule has 0 unspecified atom stereocenters. The van der Waals surface area contributed by atoms with Crippen LogP contribution in [-0.4, -0.2) is 0 Å². The van der Waals surface area contributed by atoms with E-state index in [-0.39, 0.29) is 0 Å². The van der Waals surface area contributed by atoms with E-state index in [0.29, 0.717) is 0 Å². The van der Waals surface area contributed by atoms with E-state index in [1.807, 2.05) is 30.3 Å². The normalized spacial score (nSPS) is 10.3. The van der Waals surface area contributed by atoms with E-state index in [1.54, 1.807) is 0 Å². The van der Waals surface area contributed by atoms with Crippen LogP contribution in [-0.2, 0) is 0 Å². The van der Waals surface area contributed by atoms with Gasteiger partial charge in [-0.05, 0) is 17.9 Å². The maximum atomic E-state index is 9.48. The van der Waals surface area contributed by atoms with Crippen molar-refractivity contribution >= 4 is 10.8 Å². The minimum atomic E-state index is 0.752. The van der Waals surface area contributed by atoms with E-state index < -0.39 is 0 Å². The van der Waals surface area contributed by atoms with Crippen molar-refractivity contribution in [1.29, 1.82) is 5.26 Å². The zero-order valence-electron chi connectivity index (χ0n) is 10.7. The number of nitrogens with zero attached hydrogens (tertiary/aromatic N) is 1. The molecule has 1 nitrogen and oxygen atoms in total. The molecule has 0 bridgehead atoms. The lowest BCUT2D eigenvalue weighted by Crippen LogP contribution is -1.87. The fourth-order valence-electron chi connectivity index (χ4n) is 2.37. The highest BCUT2D eigenvalue weighted by molar-refractivity contribution is 5.94. The quantitative estimate of drug-likeness (QED) is 0.608. The highest BCUT2D eigenvalue weighted by Crippen LogP contribution is 2.29. The lowest BCUT2D eigenvalue weighted by Gasteiger charge is -2.08. The summed E-state index contributed by atoms with van der Waals surface area (Å²) in [5, 5.41) is 11.6. The molecule has 0 aromatic heterocycles. The van der Waals surface area contributed by atoms with Gasteiger partial charge in [-0.15, -0.1) is 0 Å². The average Bonchev–Trinajstić information content (AvgIpc) is 2.47. The molecule has 0 saturated heterocycles. The zero-order chi connectivity index (χ0) is 13.2. The molecule has 0 atom stereocenters. The van der Waals surface area contributed by atoms with Crippen molar-refractivity contribution in [2.24, 2.45) is 0 Å². The molecule has 0 saturated carbocycles. The average molecular weight is 243 g/mol. The van der Waals surface area contributed by atoms with E-state index in [2.05, 4.69) is 43.3 Å². The van der Waals surface area contributed by atoms with Gasteiger partial charge < -0.3 is 0 Å². The Hall–Kier alpha value is -2.59. The molecule has 90 valence electrons. The fourth-order valence-corrected chi connectivity index (χ4v) is 2.37. The summed E-state index contributed by atoms with van der Waals surface area (Å²) in [5.41, 5.74) is 4.07. The molecule has 0 fully saturated rings. The molecule has 3 aromatic rings. The van der Waals surface area contributed by atoms with Crippen molar-refractivity contribution in [3.8, 4) is 17.2 Å². The molecular weight excluding hydrogens is 230 g/mol. The Kier molecular flexibility index (Phi) is 2.78. The van der Waals surface area contributed by atoms with E-state index in [4.69, 9.17) is 0 Å². The lowest BCUT2D eigenvalue weighted by molar-refractivity contribution is 1.46. The number of rotatable bonds is 1. The third-order valence-corrected chi connectivity index (χ3v) is 3.40. The summed E-state index contributed by atoms with van der Waals surface area (Å²) in [5.74, 6) is 0. The molecule has 1 heteroatoms. The molecule has 3 rings (SSSR count). The van der Waals surface area contributed by atoms with Crippen LogP contribution < -0.4 is 0 Å². The number of benzene rings is 3. The van der Waals surface area contributed by atoms with Crippen molar-refractivity contribution in [1.82, 2.24) is 0 Å². The van der Waals surface area contributed by atoms with Gasteiger partial charge in [0.05, 0.1) is 5.56 Å². The Morgan fingerprint density at radius 2 is 1.58 bits per heavy atom. The van der Waals surface area contributed by atoms with Crippen LogP contribution in [0, 0.1) is 18.3 Å². The highest BCUT2D eigenvalue weighted by atomic mass is 14.3. The summed E-state index contributed by atoms with van der Waals surface area (Å²) < 4.78 is 0. The maximum Gasteiger partial charge on any atom is 0.100 e. The van der Waals surface area contributed by atoms with Crippen LogP contribution in [0.1, 0.15) is 11.1 Å². The Bertz CT molecular complexity index is 777. The number of hydrogen-bond acceptors (Lipinski definition) is 1. The van der Waals surface area contributed by atoms with Gasteiger partial charge >= 0.3 is 0 Å². The first-order chi connectivity index (χ1) is 9.29. The van der Waals surface area contributed by atoms with Crippen molar-refractivity contribution in [3.63, 3.8) is 0 Å². The highest BCUT2D eigenvalue weighted by Gasteiger charge is 2.08. The fraction of sp³-hybridized carbons (Fsp3) is 0.0556. The number of aryl methyl sites for hydroxylation is 1. The van der Waals surface area contributed by atoms with Gasteiger partial charge in [-0.1, -0.05) is 66.2 Å². The molecule has 0 N–H and O–H groups in total. The Morgan fingerprint density at radius 1 is 0.842 bits per heavy atom. The van der Waals surface area contributed by atoms with Crippen molar-refractivity contribution in [2.45, 2.75) is 6.92 Å². The van der Waals surface area contributed by atoms with Crippen molar-refractivity contribution in [3.05, 3.63) is 71.8 Å². The Labute approximate surface area is 112 Å². The summed E-state index contributed by atoms with van der Waals surface area (Å²) in [7, 11) is 0. The van der Waals surface area contributed by atoms with Gasteiger partial charge in [-0.25, -0.2) is 0 Å². The van der Waals surface area contributed by atoms with E-state index in [1.165, 1.54) is 5.56 Å². The first-order valence-electron chi connectivity index (χ1n) is 6.28. The maximum absolute atomic E-state index is 9.48. The van der Waals surface area contributed by atoms with Gasteiger partial charge in [0.15, 0.2) is 0 Å². The molecule has 0 spiro atoms. The molecule has 0 aliphatic carbocycles. The molecule has 0 amide bonds. The molecule has 19 heavy (non-hydrogen) atoms. The molecule has 0 aliphatic rings. The second-order valence-electron chi connectivity index (χ2n) is 4.69. The van der Waals surface area contributed by atoms with Crippen LogP contribution in [0.25, 0.3) is 21.9 Å². The number of nitriles is 1. The van der Waals surface area contributed by atoms with Gasteiger partial charge in [-0.3, -0.25) is 0 Å². The summed E-state index contributed by atoms with van der Waals surface area (Å²) >= 11 is 0. The van der Waals surface area contributed by atoms with Crippen molar-refractivity contribution in [2.75, 3.05) is 0 Å². The minimum absolute atomic E-state index is 0.752. The summed E-state index contributed by atoms with van der Waals surface area (Å²) in [6, 6.07) is 22.8. The zero-order valence-corrected chi connectivity index (χ0v) is 10.7. The van der Waals surface area contributed by atoms with Crippen LogP contribution >= 0.6 is 0 Å². The monoisotopic (exact) mass is 243 g/mol. The molecule has 0 heterocycles. The summed E-state index contributed by atoms with van der Waals surface area (Å²) in [6.45, 7) is 2.06. The standard InChI is InChI=1S/C18H13N/c1-13-6-8-15(9-7-13)17-11-10-14-4-2-3-5-16(14)18(17)12-19/h2-11H,1H3. The molecule has 0 aliphatic heterocycles. The van der Waals surface area contributed by atoms with E-state index in [0.717, 1.165) is 27.5 Å². The van der Waals surface area contributed by atoms with Crippen LogP contribution in [0.3, 0.4) is 0 Å². The Morgan fingerprint density at radius 3 is 2.32 bits per heavy atom. The van der Waals surface area contributed by atoms with E-state index in [9.17, 15) is 5.26 Å². The third kappa shape index (κ3) is 1.98. The SMILES string of the molecule is Cc1ccc(-c2ccc3ccccc3c2C#N)cc1. The van der Waals surface area contributed by atoms with Gasteiger partial charge in [-0.2, -0.15) is 5.26 Å². The van der Waals surface area contributed by atoms with Gasteiger partial charge in [0, 0.05) is 10.9 Å². The first-order valence-corrected chi connectivity index (χ1v) is 6.28. The number of hydrogen-bond donors (Lipinski definition) is 0. The van der Waals surface area contributed by atoms with Crippen LogP contribution in [0.4, 0.5) is 0 Å². The van der Waals surface area contributed by atoms with Crippen LogP contribution in [0.2, 0.25) is 0 Å². The second kappa shape index (κ2) is 4.59. The van der Waals surface area contributed by atoms with Gasteiger partial charge in [0.1, 0.15) is 6.07 Å². The lowest BCUT2D eigenvalue weighted by atomic mass is 9.94. The third-order valence-electron chi connectivity index (χ3n) is 3.40. The van der Waals surface area contributed by atoms with E-state index >= 15 is 0 Å². The topological polar surface area (TPSA) is 23.8 Å².